The van der Waals surface area contributed by atoms with Crippen LogP contribution in [-0.2, 0) is 13.0 Å². The summed E-state index contributed by atoms with van der Waals surface area (Å²) in [5.74, 6) is -0.239. The van der Waals surface area contributed by atoms with E-state index in [9.17, 15) is 4.79 Å². The van der Waals surface area contributed by atoms with E-state index >= 15 is 0 Å². The lowest BCUT2D eigenvalue weighted by Gasteiger charge is -2.28. The number of rotatable bonds is 2. The molecule has 0 unspecified atom stereocenters. The molecule has 0 atom stereocenters. The van der Waals surface area contributed by atoms with Crippen LogP contribution in [-0.4, -0.2) is 22.6 Å². The van der Waals surface area contributed by atoms with Gasteiger partial charge in [-0.3, -0.25) is 0 Å². The van der Waals surface area contributed by atoms with Crippen molar-refractivity contribution < 1.29 is 9.90 Å². The third-order valence-electron chi connectivity index (χ3n) is 3.09. The summed E-state index contributed by atoms with van der Waals surface area (Å²) >= 11 is 1.79. The lowest BCUT2D eigenvalue weighted by Crippen LogP contribution is -2.30. The number of hydrogen-bond donors (Lipinski definition) is 1. The highest BCUT2D eigenvalue weighted by Crippen LogP contribution is 2.26. The Labute approximate surface area is 109 Å². The van der Waals surface area contributed by atoms with Gasteiger partial charge in [-0.2, -0.15) is 0 Å². The van der Waals surface area contributed by atoms with Gasteiger partial charge in [-0.15, -0.1) is 11.3 Å². The number of aromatic nitrogens is 1. The number of fused-ring (bicyclic) bond motifs is 1. The maximum atomic E-state index is 10.9. The molecule has 0 aromatic carbocycles. The van der Waals surface area contributed by atoms with E-state index in [0.717, 1.165) is 25.3 Å². The van der Waals surface area contributed by atoms with Gasteiger partial charge in [-0.1, -0.05) is 6.07 Å². The molecule has 0 amide bonds. The first kappa shape index (κ1) is 11.2. The molecule has 0 spiro atoms. The smallest absolute Gasteiger partial charge is 0.354 e. The van der Waals surface area contributed by atoms with Crippen LogP contribution in [0.15, 0.2) is 29.6 Å². The number of carbonyl (C=O) groups is 1. The number of hydrogen-bond acceptors (Lipinski definition) is 4. The van der Waals surface area contributed by atoms with E-state index in [4.69, 9.17) is 5.11 Å². The zero-order chi connectivity index (χ0) is 12.5. The zero-order valence-corrected chi connectivity index (χ0v) is 10.5. The molecule has 0 saturated heterocycles. The van der Waals surface area contributed by atoms with Crippen LogP contribution in [0.1, 0.15) is 20.9 Å². The molecule has 92 valence electrons. The molecular weight excluding hydrogens is 248 g/mol. The van der Waals surface area contributed by atoms with E-state index in [1.165, 1.54) is 16.5 Å². The highest BCUT2D eigenvalue weighted by molar-refractivity contribution is 7.10. The Bertz CT molecular complexity index is 594. The average Bonchev–Trinajstić information content (AvgIpc) is 2.86. The highest BCUT2D eigenvalue weighted by atomic mass is 32.1. The largest absolute Gasteiger partial charge is 0.477 e. The second-order valence-electron chi connectivity index (χ2n) is 4.23. The molecule has 3 heterocycles. The summed E-state index contributed by atoms with van der Waals surface area (Å²) in [5.41, 5.74) is 1.43. The van der Waals surface area contributed by atoms with Crippen molar-refractivity contribution in [1.29, 1.82) is 0 Å². The fourth-order valence-corrected chi connectivity index (χ4v) is 3.05. The van der Waals surface area contributed by atoms with Crippen molar-refractivity contribution in [3.8, 4) is 0 Å². The summed E-state index contributed by atoms with van der Waals surface area (Å²) < 4.78 is 0. The van der Waals surface area contributed by atoms with Crippen LogP contribution in [0.4, 0.5) is 5.82 Å². The topological polar surface area (TPSA) is 53.4 Å². The quantitative estimate of drug-likeness (QED) is 0.901. The third-order valence-corrected chi connectivity index (χ3v) is 4.11. The van der Waals surface area contributed by atoms with Gasteiger partial charge in [-0.05, 0) is 35.6 Å². The van der Waals surface area contributed by atoms with Crippen LogP contribution in [0.2, 0.25) is 0 Å². The molecule has 0 aliphatic carbocycles. The number of pyridine rings is 1. The van der Waals surface area contributed by atoms with E-state index in [-0.39, 0.29) is 5.69 Å². The van der Waals surface area contributed by atoms with Crippen molar-refractivity contribution in [3.05, 3.63) is 45.8 Å². The molecule has 3 rings (SSSR count). The normalized spacial score (nSPS) is 14.3. The first-order valence-electron chi connectivity index (χ1n) is 5.74. The molecule has 1 aliphatic rings. The Kier molecular flexibility index (Phi) is 2.76. The van der Waals surface area contributed by atoms with Crippen molar-refractivity contribution in [2.45, 2.75) is 13.0 Å². The van der Waals surface area contributed by atoms with Crippen LogP contribution in [0, 0.1) is 0 Å². The summed E-state index contributed by atoms with van der Waals surface area (Å²) in [7, 11) is 0. The Morgan fingerprint density at radius 2 is 2.28 bits per heavy atom. The SMILES string of the molecule is O=C(O)c1cccc(N2CCc3sccc3C2)n1. The van der Waals surface area contributed by atoms with Gasteiger partial charge in [0.05, 0.1) is 0 Å². The first-order chi connectivity index (χ1) is 8.74. The number of carboxylic acid groups (broad SMARTS) is 1. The molecule has 0 fully saturated rings. The minimum atomic E-state index is -0.981. The van der Waals surface area contributed by atoms with Gasteiger partial charge >= 0.3 is 5.97 Å². The average molecular weight is 260 g/mol. The standard InChI is InChI=1S/C13H12N2O2S/c16-13(17)10-2-1-3-12(14-10)15-6-4-11-9(8-15)5-7-18-11/h1-3,5,7H,4,6,8H2,(H,16,17). The number of aromatic carboxylic acids is 1. The van der Waals surface area contributed by atoms with E-state index < -0.39 is 5.97 Å². The van der Waals surface area contributed by atoms with E-state index in [1.54, 1.807) is 17.4 Å². The van der Waals surface area contributed by atoms with Crippen molar-refractivity contribution in [2.24, 2.45) is 0 Å². The van der Waals surface area contributed by atoms with E-state index in [0.29, 0.717) is 0 Å². The lowest BCUT2D eigenvalue weighted by atomic mass is 10.1. The van der Waals surface area contributed by atoms with Gasteiger partial charge in [0.25, 0.3) is 0 Å². The van der Waals surface area contributed by atoms with Crippen molar-refractivity contribution in [3.63, 3.8) is 0 Å². The molecule has 0 saturated carbocycles. The Morgan fingerprint density at radius 1 is 1.39 bits per heavy atom. The second-order valence-corrected chi connectivity index (χ2v) is 5.23. The van der Waals surface area contributed by atoms with Crippen molar-refractivity contribution in [2.75, 3.05) is 11.4 Å². The van der Waals surface area contributed by atoms with Crippen molar-refractivity contribution >= 4 is 23.1 Å². The minimum Gasteiger partial charge on any atom is -0.477 e. The van der Waals surface area contributed by atoms with E-state index in [1.807, 2.05) is 6.07 Å². The van der Waals surface area contributed by atoms with Crippen LogP contribution < -0.4 is 4.90 Å². The minimum absolute atomic E-state index is 0.101. The van der Waals surface area contributed by atoms with Crippen LogP contribution in [0.3, 0.4) is 0 Å². The van der Waals surface area contributed by atoms with Crippen LogP contribution in [0.25, 0.3) is 0 Å². The summed E-state index contributed by atoms with van der Waals surface area (Å²) in [4.78, 5) is 18.7. The molecule has 18 heavy (non-hydrogen) atoms. The predicted molar refractivity (Wildman–Crippen MR) is 70.3 cm³/mol. The van der Waals surface area contributed by atoms with Crippen LogP contribution >= 0.6 is 11.3 Å². The molecule has 0 bridgehead atoms. The first-order valence-corrected chi connectivity index (χ1v) is 6.62. The predicted octanol–water partition coefficient (Wildman–Crippen LogP) is 2.40. The summed E-state index contributed by atoms with van der Waals surface area (Å²) in [6.45, 7) is 1.71. The van der Waals surface area contributed by atoms with Gasteiger partial charge < -0.3 is 10.0 Å². The highest BCUT2D eigenvalue weighted by Gasteiger charge is 2.19. The molecule has 1 aliphatic heterocycles. The lowest BCUT2D eigenvalue weighted by molar-refractivity contribution is 0.0690. The van der Waals surface area contributed by atoms with E-state index in [2.05, 4.69) is 21.3 Å². The molecule has 4 nitrogen and oxygen atoms in total. The number of carboxylic acids is 1. The van der Waals surface area contributed by atoms with Gasteiger partial charge in [0.1, 0.15) is 5.82 Å². The maximum absolute atomic E-state index is 10.9. The van der Waals surface area contributed by atoms with Crippen molar-refractivity contribution in [1.82, 2.24) is 4.98 Å². The molecule has 5 heteroatoms. The monoisotopic (exact) mass is 260 g/mol. The maximum Gasteiger partial charge on any atom is 0.354 e. The number of nitrogens with zero attached hydrogens (tertiary/aromatic N) is 2. The molecule has 1 N–H and O–H groups in total. The summed E-state index contributed by atoms with van der Waals surface area (Å²) in [5, 5.41) is 11.1. The molecule has 2 aromatic heterocycles. The van der Waals surface area contributed by atoms with Gasteiger partial charge in [0, 0.05) is 18.0 Å². The van der Waals surface area contributed by atoms with Gasteiger partial charge in [-0.25, -0.2) is 9.78 Å². The summed E-state index contributed by atoms with van der Waals surface area (Å²) in [6, 6.07) is 7.26. The molecule has 0 radical (unpaired) electrons. The van der Waals surface area contributed by atoms with Gasteiger partial charge in [0.15, 0.2) is 5.69 Å². The van der Waals surface area contributed by atoms with Gasteiger partial charge in [0.2, 0.25) is 0 Å². The second kappa shape index (κ2) is 4.42. The number of thiophene rings is 1. The number of anilines is 1. The Morgan fingerprint density at radius 3 is 3.11 bits per heavy atom. The third kappa shape index (κ3) is 1.97. The molecule has 2 aromatic rings. The summed E-state index contributed by atoms with van der Waals surface area (Å²) in [6.07, 6.45) is 1.01. The Balaban J connectivity index is 1.88. The fourth-order valence-electron chi connectivity index (χ4n) is 2.16. The molecular formula is C13H12N2O2S. The fraction of sp³-hybridized carbons (Fsp3) is 0.231. The Hall–Kier alpha value is -1.88. The zero-order valence-electron chi connectivity index (χ0n) is 9.67. The van der Waals surface area contributed by atoms with Crippen LogP contribution in [0.5, 0.6) is 0 Å².